The summed E-state index contributed by atoms with van der Waals surface area (Å²) < 4.78 is 72.3. The van der Waals surface area contributed by atoms with Crippen LogP contribution in [0.4, 0.5) is 4.79 Å². The van der Waals surface area contributed by atoms with Gasteiger partial charge in [-0.3, -0.25) is 23.6 Å². The molecule has 9 aliphatic rings. The minimum Gasteiger partial charge on any atom is -0.480 e. The van der Waals surface area contributed by atoms with E-state index in [0.29, 0.717) is 58.8 Å². The molecule has 3 fully saturated rings. The van der Waals surface area contributed by atoms with Crippen molar-refractivity contribution in [2.45, 2.75) is 141 Å². The first-order valence-electron chi connectivity index (χ1n) is 32.0. The molecule has 29 heteroatoms. The summed E-state index contributed by atoms with van der Waals surface area (Å²) in [5.41, 5.74) is 15.7. The fourth-order valence-corrected chi connectivity index (χ4v) is 15.3. The van der Waals surface area contributed by atoms with Crippen LogP contribution in [-0.4, -0.2) is 165 Å². The van der Waals surface area contributed by atoms with Gasteiger partial charge in [-0.2, -0.15) is 15.3 Å². The Balaban J connectivity index is 0.000000132. The van der Waals surface area contributed by atoms with Gasteiger partial charge in [0, 0.05) is 66.0 Å². The van der Waals surface area contributed by atoms with Crippen molar-refractivity contribution < 1.29 is 69.8 Å². The zero-order valence-corrected chi connectivity index (χ0v) is 58.9. The molecule has 3 aromatic heterocycles. The number of nitrogens with zero attached hydrogens (tertiary/aromatic N) is 11. The number of amides is 2. The number of carbonyl (C=O) groups excluding carboxylic acids is 2. The average Bonchev–Trinajstić information content (AvgIpc) is 1.72. The summed E-state index contributed by atoms with van der Waals surface area (Å²) in [6, 6.07) is 25.1. The number of oxime groups is 3. The lowest BCUT2D eigenvalue weighted by molar-refractivity contribution is -0.166. The Kier molecular flexibility index (Phi) is 17.4. The molecule has 3 saturated heterocycles. The van der Waals surface area contributed by atoms with Crippen LogP contribution in [0.15, 0.2) is 88.3 Å². The van der Waals surface area contributed by atoms with Crippen LogP contribution in [0.1, 0.15) is 145 Å². The molecule has 3 spiro atoms. The molecular weight excluding hydrogens is 1290 g/mol. The van der Waals surface area contributed by atoms with E-state index < -0.39 is 70.8 Å². The summed E-state index contributed by atoms with van der Waals surface area (Å²) in [4.78, 5) is 55.0. The molecule has 12 heterocycles. The van der Waals surface area contributed by atoms with Crippen LogP contribution in [0.5, 0.6) is 0 Å². The fourth-order valence-electron chi connectivity index (χ4n) is 14.2. The number of fused-ring (bicyclic) bond motifs is 6. The minimum absolute atomic E-state index is 0.0946. The second-order valence-electron chi connectivity index (χ2n) is 28.7. The highest BCUT2D eigenvalue weighted by molar-refractivity contribution is 7.91. The molecule has 3 aromatic carbocycles. The van der Waals surface area contributed by atoms with Crippen LogP contribution in [0.25, 0.3) is 0 Å². The average molecular weight is 1370 g/mol. The van der Waals surface area contributed by atoms with Crippen molar-refractivity contribution in [1.29, 1.82) is 0 Å². The zero-order valence-electron chi connectivity index (χ0n) is 57.2. The first kappa shape index (κ1) is 68.6. The molecule has 0 saturated carbocycles. The van der Waals surface area contributed by atoms with Crippen molar-refractivity contribution in [1.82, 2.24) is 44.5 Å². The molecule has 0 radical (unpaired) electrons. The number of carboxylic acid groups (broad SMARTS) is 1. The Morgan fingerprint density at radius 1 is 0.536 bits per heavy atom. The van der Waals surface area contributed by atoms with E-state index in [9.17, 15) is 31.2 Å². The van der Waals surface area contributed by atoms with Gasteiger partial charge in [0.25, 0.3) is 0 Å². The summed E-state index contributed by atoms with van der Waals surface area (Å²) in [6.45, 7) is 22.9. The zero-order chi connectivity index (χ0) is 69.8. The highest BCUT2D eigenvalue weighted by atomic mass is 32.2. The second kappa shape index (κ2) is 24.6. The Morgan fingerprint density at radius 3 is 1.16 bits per heavy atom. The quantitative estimate of drug-likeness (QED) is 0.151. The van der Waals surface area contributed by atoms with Gasteiger partial charge in [0.05, 0.1) is 97.3 Å². The van der Waals surface area contributed by atoms with Gasteiger partial charge >= 0.3 is 12.1 Å². The number of sulfone groups is 2. The van der Waals surface area contributed by atoms with Crippen molar-refractivity contribution in [3.8, 4) is 0 Å². The first-order valence-corrected chi connectivity index (χ1v) is 36.1. The van der Waals surface area contributed by atoms with E-state index in [4.69, 9.17) is 38.6 Å². The van der Waals surface area contributed by atoms with Gasteiger partial charge in [-0.25, -0.2) is 21.6 Å². The fraction of sp³-hybridized carbons (Fsp3) is 0.515. The van der Waals surface area contributed by atoms with Gasteiger partial charge in [0.2, 0.25) is 5.91 Å². The Labute approximate surface area is 563 Å². The summed E-state index contributed by atoms with van der Waals surface area (Å²) in [5, 5.41) is 37.7. The summed E-state index contributed by atoms with van der Waals surface area (Å²) in [6.07, 6.45) is 3.69. The standard InChI is InChI=1S/C24H30N4O4.C22H26N4O5S.C19H22N4O2.C3H6O4S/c1-15-9-20(27(6)25-15)23(5)11-19(26-32-23)16-7-8-18-17(10-16)12-30-24(18)13-28(14-24)21(29)31-22(2,3)4;1-14-7-19(25(3)23-14)21(2)9-18(24-31-21)15-5-6-17-16(8-15)10-30-22(17)12-26(13-22)20(27)11-32(4,28)29;1-12-6-17(23(3)21-12)18(2)8-16(22-25-18)13-4-5-15-14(7-13)9-24-19(15)10-20-11-19;1-8(6,7)2-3(4)5/h7-10H,11-14H2,1-6H3;5-8H,9-13H2,1-4H3;4-7,20H,8-11H2,1-3H3;2H2,1H3,(H,4,5). The molecule has 15 rings (SSSR count). The SMILES string of the molecule is CS(=O)(=O)CC(=O)O.Cc1cc(C2(C)CC(c3ccc4c(c3)COC43CN(C(=O)CS(C)(=O)=O)C3)=NO2)n(C)n1.Cc1cc(C2(C)CC(c3ccc4c(c3)COC43CN(C(=O)OC(C)(C)C)C3)=NO2)n(C)n1.Cc1cc(C2(C)CC(c3ccc4c(c3)COC43CNC3)=NO2)n(C)n1. The highest BCUT2D eigenvalue weighted by Gasteiger charge is 2.55. The van der Waals surface area contributed by atoms with E-state index in [-0.39, 0.29) is 17.6 Å². The number of aromatic nitrogens is 6. The Hall–Kier alpha value is -8.35. The molecule has 518 valence electrons. The third kappa shape index (κ3) is 13.7. The number of nitrogens with one attached hydrogen (secondary N) is 1. The normalized spacial score (nSPS) is 23.3. The third-order valence-corrected chi connectivity index (χ3v) is 20.4. The van der Waals surface area contributed by atoms with Crippen molar-refractivity contribution >= 4 is 54.8 Å². The molecule has 2 amide bonds. The van der Waals surface area contributed by atoms with E-state index in [1.54, 1.807) is 9.80 Å². The van der Waals surface area contributed by atoms with Crippen molar-refractivity contribution in [2.24, 2.45) is 36.6 Å². The van der Waals surface area contributed by atoms with Gasteiger partial charge in [0.1, 0.15) is 33.9 Å². The molecule has 27 nitrogen and oxygen atoms in total. The molecule has 3 unspecified atom stereocenters. The maximum absolute atomic E-state index is 12.3. The highest BCUT2D eigenvalue weighted by Crippen LogP contribution is 2.48. The number of likely N-dealkylation sites (tertiary alicyclic amines) is 2. The predicted molar refractivity (Wildman–Crippen MR) is 356 cm³/mol. The van der Waals surface area contributed by atoms with Crippen LogP contribution >= 0.6 is 0 Å². The lowest BCUT2D eigenvalue weighted by Crippen LogP contribution is -2.62. The van der Waals surface area contributed by atoms with Crippen LogP contribution in [0, 0.1) is 20.8 Å². The van der Waals surface area contributed by atoms with Crippen LogP contribution in [0.3, 0.4) is 0 Å². The number of aliphatic carboxylic acids is 1. The van der Waals surface area contributed by atoms with E-state index in [1.165, 1.54) is 11.1 Å². The molecule has 2 N–H and O–H groups in total. The molecule has 6 aromatic rings. The summed E-state index contributed by atoms with van der Waals surface area (Å²) >= 11 is 0. The predicted octanol–water partition coefficient (Wildman–Crippen LogP) is 6.34. The monoisotopic (exact) mass is 1370 g/mol. The molecule has 3 atom stereocenters. The van der Waals surface area contributed by atoms with Crippen LogP contribution in [-0.2, 0) is 137 Å². The van der Waals surface area contributed by atoms with E-state index in [2.05, 4.69) is 91.5 Å². The van der Waals surface area contributed by atoms with Crippen molar-refractivity contribution in [3.05, 3.63) is 157 Å². The number of rotatable bonds is 10. The number of aryl methyl sites for hydroxylation is 6. The molecule has 0 bridgehead atoms. The van der Waals surface area contributed by atoms with Crippen molar-refractivity contribution in [2.75, 3.05) is 63.3 Å². The number of hydrogen-bond donors (Lipinski definition) is 2. The van der Waals surface area contributed by atoms with E-state index >= 15 is 0 Å². The number of hydrogen-bond acceptors (Lipinski definition) is 21. The smallest absolute Gasteiger partial charge is 0.410 e. The van der Waals surface area contributed by atoms with Crippen LogP contribution < -0.4 is 5.32 Å². The number of carbonyl (C=O) groups is 3. The van der Waals surface area contributed by atoms with Gasteiger partial charge < -0.3 is 53.7 Å². The lowest BCUT2D eigenvalue weighted by Gasteiger charge is -2.47. The van der Waals surface area contributed by atoms with Gasteiger partial charge in [-0.15, -0.1) is 0 Å². The van der Waals surface area contributed by atoms with Gasteiger partial charge in [-0.05, 0) is 149 Å². The largest absolute Gasteiger partial charge is 0.480 e. The maximum Gasteiger partial charge on any atom is 0.410 e. The topological polar surface area (TPSA) is 313 Å². The van der Waals surface area contributed by atoms with Crippen molar-refractivity contribution in [3.63, 3.8) is 0 Å². The molecule has 97 heavy (non-hydrogen) atoms. The third-order valence-electron chi connectivity index (χ3n) is 18.9. The Morgan fingerprint density at radius 2 is 0.876 bits per heavy atom. The van der Waals surface area contributed by atoms with E-state index in [0.717, 1.165) is 122 Å². The Bertz CT molecular complexity index is 4510. The number of benzene rings is 3. The molecule has 0 aliphatic carbocycles. The molecular formula is C68H84N12O15S2. The molecule has 9 aliphatic heterocycles. The summed E-state index contributed by atoms with van der Waals surface area (Å²) in [7, 11) is -0.882. The van der Waals surface area contributed by atoms with Crippen LogP contribution in [0.2, 0.25) is 0 Å². The maximum atomic E-state index is 12.3. The number of carboxylic acids is 1. The number of ether oxygens (including phenoxy) is 4. The van der Waals surface area contributed by atoms with Gasteiger partial charge in [0.15, 0.2) is 36.5 Å². The van der Waals surface area contributed by atoms with E-state index in [1.807, 2.05) is 115 Å². The second-order valence-corrected chi connectivity index (χ2v) is 33.0. The summed E-state index contributed by atoms with van der Waals surface area (Å²) in [5.74, 6) is -2.95. The van der Waals surface area contributed by atoms with Gasteiger partial charge in [-0.1, -0.05) is 51.9 Å². The lowest BCUT2D eigenvalue weighted by atomic mass is 9.84. The first-order chi connectivity index (χ1) is 45.4. The minimum atomic E-state index is -3.35.